The molecule has 0 aliphatic carbocycles. The number of rotatable bonds is 11. The third-order valence-corrected chi connectivity index (χ3v) is 6.24. The van der Waals surface area contributed by atoms with Crippen LogP contribution in [0.1, 0.15) is 37.5 Å². The first-order valence-corrected chi connectivity index (χ1v) is 12.3. The van der Waals surface area contributed by atoms with Crippen LogP contribution in [0.3, 0.4) is 0 Å². The van der Waals surface area contributed by atoms with Crippen LogP contribution in [0.5, 0.6) is 17.2 Å². The minimum Gasteiger partial charge on any atom is -0.497 e. The lowest BCUT2D eigenvalue weighted by atomic mass is 10.1. The number of benzene rings is 3. The van der Waals surface area contributed by atoms with Crippen molar-refractivity contribution in [2.75, 3.05) is 32.8 Å². The van der Waals surface area contributed by atoms with E-state index in [9.17, 15) is 24.0 Å². The van der Waals surface area contributed by atoms with E-state index < -0.39 is 42.1 Å². The average molecular weight is 562 g/mol. The SMILES string of the molecule is COc1cccc(C(=O)COC(=O)c2ccc(N3C(=O)CC(NNC(=O)c4ccc(OC)c(OC)c4)C3=O)cc2)c1. The lowest BCUT2D eigenvalue weighted by Gasteiger charge is -2.16. The van der Waals surface area contributed by atoms with Gasteiger partial charge in [0, 0.05) is 11.1 Å². The Labute approximate surface area is 235 Å². The number of ether oxygens (including phenoxy) is 4. The Morgan fingerprint density at radius 3 is 2.22 bits per heavy atom. The number of ketones is 1. The summed E-state index contributed by atoms with van der Waals surface area (Å²) in [7, 11) is 4.39. The summed E-state index contributed by atoms with van der Waals surface area (Å²) in [6.45, 7) is -0.473. The van der Waals surface area contributed by atoms with Crippen molar-refractivity contribution in [1.29, 1.82) is 0 Å². The van der Waals surface area contributed by atoms with Crippen molar-refractivity contribution in [1.82, 2.24) is 10.9 Å². The molecule has 0 bridgehead atoms. The lowest BCUT2D eigenvalue weighted by molar-refractivity contribution is -0.121. The Hall–Kier alpha value is -5.23. The van der Waals surface area contributed by atoms with Gasteiger partial charge in [0.05, 0.1) is 39.0 Å². The highest BCUT2D eigenvalue weighted by molar-refractivity contribution is 6.22. The van der Waals surface area contributed by atoms with Crippen LogP contribution in [0.4, 0.5) is 5.69 Å². The number of carbonyl (C=O) groups excluding carboxylic acids is 5. The molecule has 12 nitrogen and oxygen atoms in total. The maximum Gasteiger partial charge on any atom is 0.338 e. The van der Waals surface area contributed by atoms with E-state index in [1.165, 1.54) is 57.7 Å². The number of amides is 3. The molecule has 1 aliphatic rings. The summed E-state index contributed by atoms with van der Waals surface area (Å²) in [6, 6.07) is 15.6. The van der Waals surface area contributed by atoms with Crippen molar-refractivity contribution in [2.45, 2.75) is 12.5 Å². The van der Waals surface area contributed by atoms with Crippen molar-refractivity contribution in [3.05, 3.63) is 83.4 Å². The van der Waals surface area contributed by atoms with Crippen molar-refractivity contribution >= 4 is 35.2 Å². The lowest BCUT2D eigenvalue weighted by Crippen LogP contribution is -2.48. The number of anilines is 1. The van der Waals surface area contributed by atoms with Crippen molar-refractivity contribution in [3.63, 3.8) is 0 Å². The largest absolute Gasteiger partial charge is 0.497 e. The second kappa shape index (κ2) is 12.7. The van der Waals surface area contributed by atoms with E-state index in [4.69, 9.17) is 18.9 Å². The molecule has 0 aromatic heterocycles. The maximum absolute atomic E-state index is 12.9. The number of hydrogen-bond donors (Lipinski definition) is 2. The van der Waals surface area contributed by atoms with E-state index >= 15 is 0 Å². The van der Waals surface area contributed by atoms with Crippen LogP contribution in [-0.4, -0.2) is 63.5 Å². The number of hydrogen-bond acceptors (Lipinski definition) is 10. The third-order valence-electron chi connectivity index (χ3n) is 6.24. The minimum absolute atomic E-state index is 0.128. The maximum atomic E-state index is 12.9. The number of Topliss-reactive ketones (excluding diaryl/α,β-unsaturated/α-hetero) is 1. The van der Waals surface area contributed by atoms with Gasteiger partial charge in [-0.1, -0.05) is 12.1 Å². The molecule has 1 fully saturated rings. The van der Waals surface area contributed by atoms with Gasteiger partial charge in [0.15, 0.2) is 23.9 Å². The van der Waals surface area contributed by atoms with Crippen molar-refractivity contribution in [3.8, 4) is 17.2 Å². The van der Waals surface area contributed by atoms with Crippen LogP contribution in [0.25, 0.3) is 0 Å². The quantitative estimate of drug-likeness (QED) is 0.155. The first-order chi connectivity index (χ1) is 19.7. The standard InChI is InChI=1S/C29H27N3O9/c1-38-21-6-4-5-18(13-21)23(33)16-41-29(37)17-7-10-20(11-8-17)32-26(34)15-22(28(32)36)30-31-27(35)19-9-12-24(39-2)25(14-19)40-3/h4-14,22,30H,15-16H2,1-3H3,(H,31,35). The minimum atomic E-state index is -1.00. The van der Waals surface area contributed by atoms with Gasteiger partial charge in [-0.25, -0.2) is 15.1 Å². The third kappa shape index (κ3) is 6.50. The zero-order valence-corrected chi connectivity index (χ0v) is 22.5. The summed E-state index contributed by atoms with van der Waals surface area (Å²) in [6.07, 6.45) is -0.193. The van der Waals surface area contributed by atoms with Crippen LogP contribution in [-0.2, 0) is 14.3 Å². The van der Waals surface area contributed by atoms with E-state index in [1.54, 1.807) is 30.3 Å². The second-order valence-electron chi connectivity index (χ2n) is 8.77. The van der Waals surface area contributed by atoms with Gasteiger partial charge >= 0.3 is 5.97 Å². The second-order valence-corrected chi connectivity index (χ2v) is 8.77. The van der Waals surface area contributed by atoms with Gasteiger partial charge in [-0.15, -0.1) is 0 Å². The average Bonchev–Trinajstić information content (AvgIpc) is 3.30. The van der Waals surface area contributed by atoms with E-state index in [0.717, 1.165) is 4.90 Å². The molecule has 1 unspecified atom stereocenters. The van der Waals surface area contributed by atoms with Gasteiger partial charge in [-0.3, -0.25) is 24.6 Å². The Morgan fingerprint density at radius 1 is 0.829 bits per heavy atom. The highest BCUT2D eigenvalue weighted by atomic mass is 16.5. The molecule has 3 aromatic rings. The van der Waals surface area contributed by atoms with Crippen LogP contribution in [0, 0.1) is 0 Å². The highest BCUT2D eigenvalue weighted by Gasteiger charge is 2.39. The van der Waals surface area contributed by atoms with Gasteiger partial charge < -0.3 is 18.9 Å². The van der Waals surface area contributed by atoms with E-state index in [-0.39, 0.29) is 23.2 Å². The number of nitrogens with one attached hydrogen (secondary N) is 2. The molecular formula is C29H27N3O9. The summed E-state index contributed by atoms with van der Waals surface area (Å²) in [4.78, 5) is 63.9. The van der Waals surface area contributed by atoms with Gasteiger partial charge in [0.2, 0.25) is 5.91 Å². The molecule has 4 rings (SSSR count). The zero-order valence-electron chi connectivity index (χ0n) is 22.5. The fraction of sp³-hybridized carbons (Fsp3) is 0.207. The summed E-state index contributed by atoms with van der Waals surface area (Å²) in [5.74, 6) is -1.46. The van der Waals surface area contributed by atoms with Crippen LogP contribution >= 0.6 is 0 Å². The number of hydrazine groups is 1. The summed E-state index contributed by atoms with van der Waals surface area (Å²) in [5.41, 5.74) is 5.99. The number of methoxy groups -OCH3 is 3. The van der Waals surface area contributed by atoms with Crippen LogP contribution in [0.2, 0.25) is 0 Å². The fourth-order valence-corrected chi connectivity index (χ4v) is 4.06. The molecule has 0 saturated carbocycles. The monoisotopic (exact) mass is 561 g/mol. The molecule has 3 amide bonds. The predicted molar refractivity (Wildman–Crippen MR) is 145 cm³/mol. The summed E-state index contributed by atoms with van der Waals surface area (Å²) >= 11 is 0. The number of carbonyl (C=O) groups is 5. The number of nitrogens with zero attached hydrogens (tertiary/aromatic N) is 1. The first-order valence-electron chi connectivity index (χ1n) is 12.3. The van der Waals surface area contributed by atoms with Crippen LogP contribution in [0.15, 0.2) is 66.7 Å². The normalized spacial score (nSPS) is 14.4. The zero-order chi connectivity index (χ0) is 29.5. The molecule has 0 radical (unpaired) electrons. The molecule has 1 saturated heterocycles. The first kappa shape index (κ1) is 28.8. The Kier molecular flexibility index (Phi) is 8.95. The molecule has 0 spiro atoms. The molecule has 1 atom stereocenters. The van der Waals surface area contributed by atoms with E-state index in [0.29, 0.717) is 22.8 Å². The topological polar surface area (TPSA) is 150 Å². The predicted octanol–water partition coefficient (Wildman–Crippen LogP) is 2.32. The van der Waals surface area contributed by atoms with Crippen molar-refractivity contribution in [2.24, 2.45) is 0 Å². The Balaban J connectivity index is 1.33. The van der Waals surface area contributed by atoms with Gasteiger partial charge in [-0.05, 0) is 54.6 Å². The Bertz CT molecular complexity index is 1490. The van der Waals surface area contributed by atoms with E-state index in [1.807, 2.05) is 0 Å². The fourth-order valence-electron chi connectivity index (χ4n) is 4.06. The molecule has 12 heteroatoms. The molecule has 3 aromatic carbocycles. The number of esters is 1. The molecular weight excluding hydrogens is 534 g/mol. The number of imide groups is 1. The molecule has 1 aliphatic heterocycles. The van der Waals surface area contributed by atoms with Crippen LogP contribution < -0.4 is 30.0 Å². The van der Waals surface area contributed by atoms with Crippen molar-refractivity contribution < 1.29 is 42.9 Å². The summed E-state index contributed by atoms with van der Waals surface area (Å²) in [5, 5.41) is 0. The molecule has 212 valence electrons. The summed E-state index contributed by atoms with van der Waals surface area (Å²) < 4.78 is 20.6. The van der Waals surface area contributed by atoms with E-state index in [2.05, 4.69) is 10.9 Å². The van der Waals surface area contributed by atoms with Gasteiger partial charge in [0.25, 0.3) is 11.8 Å². The Morgan fingerprint density at radius 2 is 1.54 bits per heavy atom. The highest BCUT2D eigenvalue weighted by Crippen LogP contribution is 2.28. The molecule has 1 heterocycles. The molecule has 41 heavy (non-hydrogen) atoms. The van der Waals surface area contributed by atoms with Gasteiger partial charge in [-0.2, -0.15) is 0 Å². The smallest absolute Gasteiger partial charge is 0.338 e. The van der Waals surface area contributed by atoms with Gasteiger partial charge in [0.1, 0.15) is 11.8 Å². The molecule has 2 N–H and O–H groups in total.